The summed E-state index contributed by atoms with van der Waals surface area (Å²) in [6, 6.07) is 7.95. The molecule has 3 heteroatoms. The molecule has 0 spiro atoms. The lowest BCUT2D eigenvalue weighted by atomic mass is 9.93. The molecule has 90 valence electrons. The Hall–Kier alpha value is -0.570. The Morgan fingerprint density at radius 1 is 1.31 bits per heavy atom. The molecule has 1 aromatic carbocycles. The van der Waals surface area contributed by atoms with E-state index in [-0.39, 0.29) is 0 Å². The maximum absolute atomic E-state index is 6.16. The van der Waals surface area contributed by atoms with Crippen LogP contribution in [-0.2, 0) is 4.74 Å². The van der Waals surface area contributed by atoms with Crippen molar-refractivity contribution in [2.75, 3.05) is 20.3 Å². The van der Waals surface area contributed by atoms with E-state index in [1.54, 1.807) is 7.11 Å². The lowest BCUT2D eigenvalue weighted by Gasteiger charge is -2.16. The summed E-state index contributed by atoms with van der Waals surface area (Å²) in [4.78, 5) is 0. The third-order valence-electron chi connectivity index (χ3n) is 2.78. The molecule has 1 atom stereocenters. The molecule has 0 amide bonds. The number of rotatable bonds is 7. The van der Waals surface area contributed by atoms with Crippen molar-refractivity contribution in [2.45, 2.75) is 25.2 Å². The molecule has 0 aliphatic rings. The van der Waals surface area contributed by atoms with Crippen LogP contribution in [0.25, 0.3) is 0 Å². The van der Waals surface area contributed by atoms with Crippen LogP contribution in [0.5, 0.6) is 0 Å². The molecule has 0 aliphatic heterocycles. The molecule has 0 bridgehead atoms. The summed E-state index contributed by atoms with van der Waals surface area (Å²) in [5, 5.41) is 0.824. The molecule has 2 nitrogen and oxygen atoms in total. The number of unbranched alkanes of at least 4 members (excludes halogenated alkanes) is 1. The molecule has 0 aromatic heterocycles. The van der Waals surface area contributed by atoms with Crippen molar-refractivity contribution in [3.8, 4) is 0 Å². The maximum atomic E-state index is 6.16. The van der Waals surface area contributed by atoms with Crippen LogP contribution in [0.1, 0.15) is 30.7 Å². The summed E-state index contributed by atoms with van der Waals surface area (Å²) in [6.45, 7) is 1.47. The first kappa shape index (κ1) is 13.5. The van der Waals surface area contributed by atoms with Gasteiger partial charge in [-0.3, -0.25) is 0 Å². The first-order valence-electron chi connectivity index (χ1n) is 5.73. The van der Waals surface area contributed by atoms with E-state index < -0.39 is 0 Å². The van der Waals surface area contributed by atoms with E-state index in [9.17, 15) is 0 Å². The molecule has 1 aromatic rings. The summed E-state index contributed by atoms with van der Waals surface area (Å²) in [7, 11) is 1.73. The second kappa shape index (κ2) is 7.66. The maximum Gasteiger partial charge on any atom is 0.0462 e. The molecular weight excluding hydrogens is 222 g/mol. The van der Waals surface area contributed by atoms with Crippen LogP contribution in [0.2, 0.25) is 5.02 Å². The molecule has 1 rings (SSSR count). The zero-order valence-electron chi connectivity index (χ0n) is 9.79. The summed E-state index contributed by atoms with van der Waals surface area (Å²) >= 11 is 6.16. The molecule has 0 heterocycles. The van der Waals surface area contributed by atoms with Gasteiger partial charge in [-0.25, -0.2) is 0 Å². The van der Waals surface area contributed by atoms with Crippen LogP contribution in [0, 0.1) is 0 Å². The van der Waals surface area contributed by atoms with Crippen molar-refractivity contribution in [2.24, 2.45) is 5.73 Å². The van der Waals surface area contributed by atoms with Crippen molar-refractivity contribution in [1.82, 2.24) is 0 Å². The third kappa shape index (κ3) is 4.12. The Balaban J connectivity index is 2.51. The molecule has 0 saturated heterocycles. The molecule has 16 heavy (non-hydrogen) atoms. The average molecular weight is 242 g/mol. The molecule has 2 N–H and O–H groups in total. The monoisotopic (exact) mass is 241 g/mol. The zero-order valence-corrected chi connectivity index (χ0v) is 10.5. The Bertz CT molecular complexity index is 304. The van der Waals surface area contributed by atoms with Crippen molar-refractivity contribution in [1.29, 1.82) is 0 Å². The molecule has 0 fully saturated rings. The number of ether oxygens (including phenoxy) is 1. The highest BCUT2D eigenvalue weighted by Crippen LogP contribution is 2.27. The van der Waals surface area contributed by atoms with E-state index in [0.717, 1.165) is 30.9 Å². The first-order valence-corrected chi connectivity index (χ1v) is 6.10. The van der Waals surface area contributed by atoms with E-state index in [2.05, 4.69) is 6.07 Å². The standard InChI is InChI=1S/C13H20ClNO/c1-16-9-5-4-6-11(10-15)12-7-2-3-8-13(12)14/h2-3,7-8,11H,4-6,9-10,15H2,1H3. The zero-order chi connectivity index (χ0) is 11.8. The number of hydrogen-bond acceptors (Lipinski definition) is 2. The third-order valence-corrected chi connectivity index (χ3v) is 3.12. The fourth-order valence-corrected chi connectivity index (χ4v) is 2.13. The van der Waals surface area contributed by atoms with Crippen LogP contribution in [0.4, 0.5) is 0 Å². The van der Waals surface area contributed by atoms with Gasteiger partial charge in [-0.15, -0.1) is 0 Å². The second-order valence-electron chi connectivity index (χ2n) is 3.94. The predicted octanol–water partition coefficient (Wildman–Crippen LogP) is 3.20. The summed E-state index contributed by atoms with van der Waals surface area (Å²) in [6.07, 6.45) is 3.28. The number of nitrogens with two attached hydrogens (primary N) is 1. The largest absolute Gasteiger partial charge is 0.385 e. The topological polar surface area (TPSA) is 35.2 Å². The van der Waals surface area contributed by atoms with Gasteiger partial charge in [-0.2, -0.15) is 0 Å². The Labute approximate surface area is 103 Å². The minimum atomic E-state index is 0.366. The molecule has 0 radical (unpaired) electrons. The van der Waals surface area contributed by atoms with Gasteiger partial charge in [0.25, 0.3) is 0 Å². The number of halogens is 1. The SMILES string of the molecule is COCCCCC(CN)c1ccccc1Cl. The molecular formula is C13H20ClNO. The highest BCUT2D eigenvalue weighted by atomic mass is 35.5. The number of hydrogen-bond donors (Lipinski definition) is 1. The van der Waals surface area contributed by atoms with Gasteiger partial charge in [0.15, 0.2) is 0 Å². The van der Waals surface area contributed by atoms with Gasteiger partial charge in [-0.05, 0) is 36.9 Å². The van der Waals surface area contributed by atoms with E-state index in [4.69, 9.17) is 22.1 Å². The quantitative estimate of drug-likeness (QED) is 0.744. The highest BCUT2D eigenvalue weighted by Gasteiger charge is 2.12. The lowest BCUT2D eigenvalue weighted by Crippen LogP contribution is -2.13. The second-order valence-corrected chi connectivity index (χ2v) is 4.35. The normalized spacial score (nSPS) is 12.7. The van der Waals surface area contributed by atoms with Crippen molar-refractivity contribution in [3.63, 3.8) is 0 Å². The van der Waals surface area contributed by atoms with E-state index >= 15 is 0 Å². The summed E-state index contributed by atoms with van der Waals surface area (Å²) in [5.41, 5.74) is 6.97. The van der Waals surface area contributed by atoms with E-state index in [1.807, 2.05) is 18.2 Å². The average Bonchev–Trinajstić information content (AvgIpc) is 2.31. The Kier molecular flexibility index (Phi) is 6.46. The van der Waals surface area contributed by atoms with E-state index in [0.29, 0.717) is 12.5 Å². The van der Waals surface area contributed by atoms with E-state index in [1.165, 1.54) is 5.56 Å². The van der Waals surface area contributed by atoms with Gasteiger partial charge >= 0.3 is 0 Å². The number of benzene rings is 1. The van der Waals surface area contributed by atoms with Crippen LogP contribution >= 0.6 is 11.6 Å². The minimum absolute atomic E-state index is 0.366. The fourth-order valence-electron chi connectivity index (χ4n) is 1.84. The molecule has 1 unspecified atom stereocenters. The van der Waals surface area contributed by atoms with Crippen LogP contribution in [0.3, 0.4) is 0 Å². The Morgan fingerprint density at radius 3 is 2.69 bits per heavy atom. The van der Waals surface area contributed by atoms with Gasteiger partial charge in [0.1, 0.15) is 0 Å². The predicted molar refractivity (Wildman–Crippen MR) is 69.0 cm³/mol. The van der Waals surface area contributed by atoms with Gasteiger partial charge in [0.05, 0.1) is 0 Å². The van der Waals surface area contributed by atoms with Gasteiger partial charge in [-0.1, -0.05) is 36.2 Å². The van der Waals surface area contributed by atoms with Crippen molar-refractivity contribution < 1.29 is 4.74 Å². The summed E-state index contributed by atoms with van der Waals surface area (Å²) < 4.78 is 5.03. The van der Waals surface area contributed by atoms with Crippen LogP contribution < -0.4 is 5.73 Å². The lowest BCUT2D eigenvalue weighted by molar-refractivity contribution is 0.191. The molecule has 0 aliphatic carbocycles. The minimum Gasteiger partial charge on any atom is -0.385 e. The van der Waals surface area contributed by atoms with Gasteiger partial charge in [0.2, 0.25) is 0 Å². The Morgan fingerprint density at radius 2 is 2.06 bits per heavy atom. The van der Waals surface area contributed by atoms with Crippen LogP contribution in [0.15, 0.2) is 24.3 Å². The van der Waals surface area contributed by atoms with Crippen molar-refractivity contribution in [3.05, 3.63) is 34.9 Å². The first-order chi connectivity index (χ1) is 7.79. The summed E-state index contributed by atoms with van der Waals surface area (Å²) in [5.74, 6) is 0.366. The van der Waals surface area contributed by atoms with Crippen LogP contribution in [-0.4, -0.2) is 20.3 Å². The highest BCUT2D eigenvalue weighted by molar-refractivity contribution is 6.31. The molecule has 0 saturated carbocycles. The van der Waals surface area contributed by atoms with Gasteiger partial charge < -0.3 is 10.5 Å². The number of methoxy groups -OCH3 is 1. The fraction of sp³-hybridized carbons (Fsp3) is 0.538. The van der Waals surface area contributed by atoms with Crippen molar-refractivity contribution >= 4 is 11.6 Å². The van der Waals surface area contributed by atoms with Gasteiger partial charge in [0, 0.05) is 18.7 Å². The smallest absolute Gasteiger partial charge is 0.0462 e.